The van der Waals surface area contributed by atoms with Gasteiger partial charge in [0.15, 0.2) is 4.34 Å². The number of amides is 1. The zero-order chi connectivity index (χ0) is 17.6. The number of para-hydroxylation sites is 1. The summed E-state index contributed by atoms with van der Waals surface area (Å²) in [7, 11) is 0. The predicted molar refractivity (Wildman–Crippen MR) is 105 cm³/mol. The lowest BCUT2D eigenvalue weighted by Gasteiger charge is -2.30. The highest BCUT2D eigenvalue weighted by atomic mass is 32.2. The van der Waals surface area contributed by atoms with E-state index in [1.165, 1.54) is 42.4 Å². The lowest BCUT2D eigenvalue weighted by Crippen LogP contribution is -2.44. The first-order valence-corrected chi connectivity index (χ1v) is 10.4. The summed E-state index contributed by atoms with van der Waals surface area (Å²) in [5.41, 5.74) is 0.979. The first-order valence-electron chi connectivity index (χ1n) is 8.74. The van der Waals surface area contributed by atoms with E-state index in [1.807, 2.05) is 37.3 Å². The third-order valence-corrected chi connectivity index (χ3v) is 6.54. The van der Waals surface area contributed by atoms with Gasteiger partial charge in [-0.15, -0.1) is 10.2 Å². The molecule has 0 bridgehead atoms. The molecule has 1 saturated carbocycles. The second-order valence-corrected chi connectivity index (χ2v) is 9.07. The molecule has 3 rings (SSSR count). The Bertz CT molecular complexity index is 691. The van der Waals surface area contributed by atoms with Gasteiger partial charge in [-0.3, -0.25) is 4.79 Å². The monoisotopic (exact) mass is 376 g/mol. The van der Waals surface area contributed by atoms with Crippen molar-refractivity contribution in [3.05, 3.63) is 30.3 Å². The fourth-order valence-electron chi connectivity index (χ4n) is 2.99. The van der Waals surface area contributed by atoms with Crippen molar-refractivity contribution in [2.75, 3.05) is 5.32 Å². The quantitative estimate of drug-likeness (QED) is 0.729. The number of hydrogen-bond donors (Lipinski definition) is 2. The molecule has 0 radical (unpaired) electrons. The summed E-state index contributed by atoms with van der Waals surface area (Å²) in [6, 6.07) is 10.2. The molecule has 5 nitrogen and oxygen atoms in total. The maximum atomic E-state index is 12.5. The summed E-state index contributed by atoms with van der Waals surface area (Å²) in [5.74, 6) is 0.662. The van der Waals surface area contributed by atoms with E-state index in [4.69, 9.17) is 0 Å². The molecule has 2 aromatic rings. The van der Waals surface area contributed by atoms with Crippen LogP contribution >= 0.6 is 23.1 Å². The maximum absolute atomic E-state index is 12.5. The van der Waals surface area contributed by atoms with Crippen LogP contribution in [0.25, 0.3) is 0 Å². The zero-order valence-electron chi connectivity index (χ0n) is 14.6. The Kier molecular flexibility index (Phi) is 6.31. The molecular formula is C18H24N4OS2. The fraction of sp³-hybridized carbons (Fsp3) is 0.500. The third-order valence-electron chi connectivity index (χ3n) is 4.52. The first-order chi connectivity index (χ1) is 12.1. The van der Waals surface area contributed by atoms with Gasteiger partial charge in [-0.05, 0) is 37.8 Å². The van der Waals surface area contributed by atoms with Crippen LogP contribution in [0.4, 0.5) is 10.8 Å². The van der Waals surface area contributed by atoms with Gasteiger partial charge in [-0.2, -0.15) is 0 Å². The van der Waals surface area contributed by atoms with E-state index < -0.39 is 0 Å². The standard InChI is InChI=1S/C18H24N4OS2/c1-12-8-6-7-11-15(12)20-16(23)13(2)24-18-22-21-17(25-18)19-14-9-4-3-5-10-14/h3-5,9-10,12-13,15H,6-8,11H2,1-2H3,(H,19,21)(H,20,23). The Hall–Kier alpha value is -1.60. The van der Waals surface area contributed by atoms with E-state index in [-0.39, 0.29) is 11.2 Å². The van der Waals surface area contributed by atoms with Gasteiger partial charge in [0.05, 0.1) is 5.25 Å². The van der Waals surface area contributed by atoms with E-state index in [0.717, 1.165) is 21.6 Å². The number of nitrogens with one attached hydrogen (secondary N) is 2. The van der Waals surface area contributed by atoms with Crippen LogP contribution in [0.1, 0.15) is 39.5 Å². The van der Waals surface area contributed by atoms with Gasteiger partial charge in [-0.25, -0.2) is 0 Å². The van der Waals surface area contributed by atoms with Crippen molar-refractivity contribution in [2.24, 2.45) is 5.92 Å². The molecule has 7 heteroatoms. The Balaban J connectivity index is 1.52. The molecule has 1 heterocycles. The van der Waals surface area contributed by atoms with Crippen molar-refractivity contribution in [1.29, 1.82) is 0 Å². The second kappa shape index (κ2) is 8.67. The van der Waals surface area contributed by atoms with Gasteiger partial charge in [-0.1, -0.05) is 61.1 Å². The summed E-state index contributed by atoms with van der Waals surface area (Å²) in [4.78, 5) is 12.5. The highest BCUT2D eigenvalue weighted by molar-refractivity contribution is 8.02. The average Bonchev–Trinajstić information content (AvgIpc) is 3.04. The SMILES string of the molecule is CC(Sc1nnc(Nc2ccccc2)s1)C(=O)NC1CCCCC1C. The third kappa shape index (κ3) is 5.19. The number of carbonyl (C=O) groups excluding carboxylic acids is 1. The lowest BCUT2D eigenvalue weighted by atomic mass is 9.86. The van der Waals surface area contributed by atoms with Crippen molar-refractivity contribution < 1.29 is 4.79 Å². The Labute approximate surface area is 157 Å². The number of aromatic nitrogens is 2. The Morgan fingerprint density at radius 2 is 2.00 bits per heavy atom. The molecule has 1 fully saturated rings. The fourth-order valence-corrected chi connectivity index (χ4v) is 4.91. The predicted octanol–water partition coefficient (Wildman–Crippen LogP) is 4.46. The van der Waals surface area contributed by atoms with Crippen LogP contribution in [-0.2, 0) is 4.79 Å². The number of nitrogens with zero attached hydrogens (tertiary/aromatic N) is 2. The number of carbonyl (C=O) groups is 1. The maximum Gasteiger partial charge on any atom is 0.233 e. The van der Waals surface area contributed by atoms with Gasteiger partial charge in [0, 0.05) is 11.7 Å². The van der Waals surface area contributed by atoms with Gasteiger partial charge in [0.25, 0.3) is 0 Å². The van der Waals surface area contributed by atoms with Crippen molar-refractivity contribution >= 4 is 39.8 Å². The van der Waals surface area contributed by atoms with E-state index >= 15 is 0 Å². The minimum absolute atomic E-state index is 0.0940. The molecule has 1 amide bonds. The summed E-state index contributed by atoms with van der Waals surface area (Å²) in [6.07, 6.45) is 4.78. The molecule has 0 aliphatic heterocycles. The van der Waals surface area contributed by atoms with Crippen LogP contribution in [0.3, 0.4) is 0 Å². The summed E-state index contributed by atoms with van der Waals surface area (Å²) in [5, 5.41) is 15.4. The Morgan fingerprint density at radius 3 is 2.76 bits per heavy atom. The molecule has 1 aliphatic rings. The van der Waals surface area contributed by atoms with Crippen LogP contribution in [0.2, 0.25) is 0 Å². The van der Waals surface area contributed by atoms with E-state index in [0.29, 0.717) is 12.0 Å². The van der Waals surface area contributed by atoms with Crippen LogP contribution in [0.5, 0.6) is 0 Å². The number of thioether (sulfide) groups is 1. The lowest BCUT2D eigenvalue weighted by molar-refractivity contribution is -0.121. The zero-order valence-corrected chi connectivity index (χ0v) is 16.2. The highest BCUT2D eigenvalue weighted by Gasteiger charge is 2.25. The van der Waals surface area contributed by atoms with Gasteiger partial charge < -0.3 is 10.6 Å². The van der Waals surface area contributed by atoms with Gasteiger partial charge in [0.1, 0.15) is 0 Å². The molecule has 2 N–H and O–H groups in total. The van der Waals surface area contributed by atoms with Crippen LogP contribution < -0.4 is 10.6 Å². The minimum Gasteiger partial charge on any atom is -0.352 e. The topological polar surface area (TPSA) is 66.9 Å². The van der Waals surface area contributed by atoms with E-state index in [2.05, 4.69) is 27.8 Å². The molecule has 1 aromatic carbocycles. The minimum atomic E-state index is -0.174. The summed E-state index contributed by atoms with van der Waals surface area (Å²) < 4.78 is 0.803. The molecule has 1 aliphatic carbocycles. The normalized spacial score (nSPS) is 21.5. The van der Waals surface area contributed by atoms with Crippen LogP contribution in [-0.4, -0.2) is 27.4 Å². The van der Waals surface area contributed by atoms with Crippen LogP contribution in [0, 0.1) is 5.92 Å². The molecule has 3 unspecified atom stereocenters. The smallest absolute Gasteiger partial charge is 0.233 e. The molecule has 0 saturated heterocycles. The largest absolute Gasteiger partial charge is 0.352 e. The van der Waals surface area contributed by atoms with Gasteiger partial charge >= 0.3 is 0 Å². The molecule has 3 atom stereocenters. The van der Waals surface area contributed by atoms with Crippen molar-refractivity contribution in [3.8, 4) is 0 Å². The first kappa shape index (κ1) is 18.2. The van der Waals surface area contributed by atoms with Gasteiger partial charge in [0.2, 0.25) is 11.0 Å². The average molecular weight is 377 g/mol. The van der Waals surface area contributed by atoms with Crippen molar-refractivity contribution in [2.45, 2.75) is 55.2 Å². The molecular weight excluding hydrogens is 352 g/mol. The molecule has 1 aromatic heterocycles. The van der Waals surface area contributed by atoms with Crippen molar-refractivity contribution in [1.82, 2.24) is 15.5 Å². The molecule has 0 spiro atoms. The molecule has 25 heavy (non-hydrogen) atoms. The highest BCUT2D eigenvalue weighted by Crippen LogP contribution is 2.31. The summed E-state index contributed by atoms with van der Waals surface area (Å²) >= 11 is 2.94. The summed E-state index contributed by atoms with van der Waals surface area (Å²) in [6.45, 7) is 4.16. The number of hydrogen-bond acceptors (Lipinski definition) is 6. The number of rotatable bonds is 6. The second-order valence-electron chi connectivity index (χ2n) is 6.50. The number of benzene rings is 1. The number of anilines is 2. The van der Waals surface area contributed by atoms with E-state index in [9.17, 15) is 4.79 Å². The van der Waals surface area contributed by atoms with Crippen LogP contribution in [0.15, 0.2) is 34.7 Å². The van der Waals surface area contributed by atoms with E-state index in [1.54, 1.807) is 0 Å². The van der Waals surface area contributed by atoms with Crippen molar-refractivity contribution in [3.63, 3.8) is 0 Å². The Morgan fingerprint density at radius 1 is 1.24 bits per heavy atom. The molecule has 134 valence electrons.